The third-order valence-electron chi connectivity index (χ3n) is 3.54. The largest absolute Gasteiger partial charge is 0.424 e. The van der Waals surface area contributed by atoms with Crippen LogP contribution in [0.5, 0.6) is 0 Å². The Hall–Kier alpha value is -2.68. The van der Waals surface area contributed by atoms with E-state index in [9.17, 15) is 22.8 Å². The number of nitrogens with zero attached hydrogens (tertiary/aromatic N) is 1. The minimum Gasteiger partial charge on any atom is -0.424 e. The Bertz CT molecular complexity index is 814. The van der Waals surface area contributed by atoms with Gasteiger partial charge in [0.1, 0.15) is 0 Å². The maximum atomic E-state index is 12.8. The van der Waals surface area contributed by atoms with E-state index >= 15 is 0 Å². The number of hydrogen-bond donors (Lipinski definition) is 1. The summed E-state index contributed by atoms with van der Waals surface area (Å²) in [5.74, 6) is -0.499. The summed E-state index contributed by atoms with van der Waals surface area (Å²) in [5.41, 5.74) is -1.36. The molecule has 0 aromatic heterocycles. The Morgan fingerprint density at radius 3 is 2.58 bits per heavy atom. The monoisotopic (exact) mass is 382 g/mol. The van der Waals surface area contributed by atoms with E-state index < -0.39 is 29.2 Å². The molecule has 1 aliphatic heterocycles. The lowest BCUT2D eigenvalue weighted by molar-refractivity contribution is -0.137. The molecule has 3 rings (SSSR count). The fourth-order valence-electron chi connectivity index (χ4n) is 2.31. The lowest BCUT2D eigenvalue weighted by Gasteiger charge is -2.17. The third-order valence-corrected chi connectivity index (χ3v) is 4.55. The number of nitrogens with one attached hydrogen (secondary N) is 1. The zero-order valence-electron chi connectivity index (χ0n) is 13.2. The highest BCUT2D eigenvalue weighted by atomic mass is 32.2. The summed E-state index contributed by atoms with van der Waals surface area (Å²) in [7, 11) is 0. The molecule has 0 bridgehead atoms. The zero-order valence-corrected chi connectivity index (χ0v) is 14.0. The van der Waals surface area contributed by atoms with Crippen molar-refractivity contribution in [2.75, 3.05) is 16.1 Å². The number of ether oxygens (including phenoxy) is 1. The molecule has 1 fully saturated rings. The van der Waals surface area contributed by atoms with Crippen LogP contribution in [0.25, 0.3) is 0 Å². The summed E-state index contributed by atoms with van der Waals surface area (Å²) in [6.45, 7) is 0. The van der Waals surface area contributed by atoms with Crippen molar-refractivity contribution in [1.82, 2.24) is 0 Å². The predicted octanol–water partition coefficient (Wildman–Crippen LogP) is 4.32. The van der Waals surface area contributed by atoms with Crippen molar-refractivity contribution >= 4 is 35.1 Å². The summed E-state index contributed by atoms with van der Waals surface area (Å²) in [5, 5.41) is 2.48. The standard InChI is InChI=1S/C17H13F3N2O3S/c18-17(19,20)11-5-4-8-13(9-11)22-10-26-15(14(22)23)25-16(24)21-12-6-2-1-3-7-12/h1-9,15H,10H2,(H,21,24). The van der Waals surface area contributed by atoms with Gasteiger partial charge in [-0.15, -0.1) is 0 Å². The summed E-state index contributed by atoms with van der Waals surface area (Å²) in [6, 6.07) is 13.0. The second kappa shape index (κ2) is 7.28. The van der Waals surface area contributed by atoms with Gasteiger partial charge in [0, 0.05) is 11.4 Å². The van der Waals surface area contributed by atoms with E-state index in [1.165, 1.54) is 12.1 Å². The van der Waals surface area contributed by atoms with Gasteiger partial charge in [0.25, 0.3) is 5.91 Å². The Balaban J connectivity index is 1.66. The first-order chi connectivity index (χ1) is 12.3. The number of thioether (sulfide) groups is 1. The molecule has 1 heterocycles. The molecule has 1 unspecified atom stereocenters. The van der Waals surface area contributed by atoms with Gasteiger partial charge in [-0.1, -0.05) is 36.0 Å². The zero-order chi connectivity index (χ0) is 18.7. The fraction of sp³-hybridized carbons (Fsp3) is 0.176. The average Bonchev–Trinajstić information content (AvgIpc) is 2.96. The van der Waals surface area contributed by atoms with Gasteiger partial charge in [0.2, 0.25) is 5.44 Å². The van der Waals surface area contributed by atoms with Crippen LogP contribution in [0.4, 0.5) is 29.3 Å². The second-order valence-corrected chi connectivity index (χ2v) is 6.36. The Morgan fingerprint density at radius 2 is 1.88 bits per heavy atom. The van der Waals surface area contributed by atoms with Crippen LogP contribution in [0.2, 0.25) is 0 Å². The lowest BCUT2D eigenvalue weighted by Crippen LogP contribution is -2.32. The molecule has 1 aliphatic rings. The van der Waals surface area contributed by atoms with E-state index in [0.717, 1.165) is 28.8 Å². The molecule has 0 aliphatic carbocycles. The van der Waals surface area contributed by atoms with Crippen molar-refractivity contribution in [3.8, 4) is 0 Å². The van der Waals surface area contributed by atoms with Gasteiger partial charge >= 0.3 is 12.3 Å². The Morgan fingerprint density at radius 1 is 1.15 bits per heavy atom. The van der Waals surface area contributed by atoms with Gasteiger partial charge in [0.15, 0.2) is 0 Å². The van der Waals surface area contributed by atoms with Crippen molar-refractivity contribution in [2.24, 2.45) is 0 Å². The Kier molecular flexibility index (Phi) is 5.08. The molecule has 2 aromatic carbocycles. The minimum atomic E-state index is -4.50. The van der Waals surface area contributed by atoms with Crippen LogP contribution in [-0.2, 0) is 15.7 Å². The number of benzene rings is 2. The van der Waals surface area contributed by atoms with Crippen molar-refractivity contribution in [3.63, 3.8) is 0 Å². The highest BCUT2D eigenvalue weighted by Gasteiger charge is 2.38. The third kappa shape index (κ3) is 4.10. The number of carbonyl (C=O) groups is 2. The summed E-state index contributed by atoms with van der Waals surface area (Å²) in [6.07, 6.45) is -5.31. The van der Waals surface area contributed by atoms with Crippen molar-refractivity contribution < 1.29 is 27.5 Å². The lowest BCUT2D eigenvalue weighted by atomic mass is 10.2. The number of halogens is 3. The normalized spacial score (nSPS) is 17.3. The summed E-state index contributed by atoms with van der Waals surface area (Å²) >= 11 is 1.02. The number of para-hydroxylation sites is 1. The fourth-order valence-corrected chi connectivity index (χ4v) is 3.29. The van der Waals surface area contributed by atoms with Crippen molar-refractivity contribution in [1.29, 1.82) is 0 Å². The van der Waals surface area contributed by atoms with E-state index in [1.54, 1.807) is 30.3 Å². The van der Waals surface area contributed by atoms with E-state index in [1.807, 2.05) is 0 Å². The summed E-state index contributed by atoms with van der Waals surface area (Å²) < 4.78 is 43.5. The maximum absolute atomic E-state index is 12.8. The topological polar surface area (TPSA) is 58.6 Å². The van der Waals surface area contributed by atoms with Crippen LogP contribution in [-0.4, -0.2) is 23.3 Å². The van der Waals surface area contributed by atoms with Crippen LogP contribution >= 0.6 is 11.8 Å². The summed E-state index contributed by atoms with van der Waals surface area (Å²) in [4.78, 5) is 25.4. The van der Waals surface area contributed by atoms with E-state index in [0.29, 0.717) is 5.69 Å². The van der Waals surface area contributed by atoms with E-state index in [2.05, 4.69) is 5.32 Å². The highest BCUT2D eigenvalue weighted by molar-refractivity contribution is 8.01. The number of carbonyl (C=O) groups excluding carboxylic acids is 2. The maximum Gasteiger partial charge on any atom is 0.416 e. The first-order valence-corrected chi connectivity index (χ1v) is 8.52. The van der Waals surface area contributed by atoms with Gasteiger partial charge in [-0.25, -0.2) is 4.79 Å². The highest BCUT2D eigenvalue weighted by Crippen LogP contribution is 2.35. The first-order valence-electron chi connectivity index (χ1n) is 7.47. The molecule has 0 saturated carbocycles. The number of anilines is 2. The molecule has 1 N–H and O–H groups in total. The molecule has 136 valence electrons. The predicted molar refractivity (Wildman–Crippen MR) is 91.7 cm³/mol. The number of amides is 2. The minimum absolute atomic E-state index is 0.0867. The van der Waals surface area contributed by atoms with Crippen LogP contribution in [0, 0.1) is 0 Å². The van der Waals surface area contributed by atoms with Gasteiger partial charge in [-0.2, -0.15) is 13.2 Å². The van der Waals surface area contributed by atoms with E-state index in [-0.39, 0.29) is 11.6 Å². The molecular weight excluding hydrogens is 369 g/mol. The molecule has 5 nitrogen and oxygen atoms in total. The van der Waals surface area contributed by atoms with Crippen LogP contribution in [0.1, 0.15) is 5.56 Å². The molecule has 1 atom stereocenters. The average molecular weight is 382 g/mol. The van der Waals surface area contributed by atoms with Crippen molar-refractivity contribution in [2.45, 2.75) is 11.6 Å². The van der Waals surface area contributed by atoms with Gasteiger partial charge in [-0.05, 0) is 30.3 Å². The smallest absolute Gasteiger partial charge is 0.416 e. The first kappa shape index (κ1) is 18.1. The molecule has 26 heavy (non-hydrogen) atoms. The van der Waals surface area contributed by atoms with Gasteiger partial charge in [0.05, 0.1) is 11.4 Å². The molecule has 9 heteroatoms. The van der Waals surface area contributed by atoms with Crippen molar-refractivity contribution in [3.05, 3.63) is 60.2 Å². The van der Waals surface area contributed by atoms with Gasteiger partial charge in [-0.3, -0.25) is 15.0 Å². The molecule has 2 amide bonds. The SMILES string of the molecule is O=C(Nc1ccccc1)OC1SCN(c2cccc(C(F)(F)F)c2)C1=O. The molecule has 2 aromatic rings. The van der Waals surface area contributed by atoms with Crippen LogP contribution in [0.3, 0.4) is 0 Å². The van der Waals surface area contributed by atoms with Gasteiger partial charge < -0.3 is 4.74 Å². The number of alkyl halides is 3. The molecule has 1 saturated heterocycles. The number of rotatable bonds is 3. The Labute approximate surface area is 151 Å². The number of hydrogen-bond acceptors (Lipinski definition) is 4. The quantitative estimate of drug-likeness (QED) is 0.859. The second-order valence-electron chi connectivity index (χ2n) is 5.34. The van der Waals surface area contributed by atoms with Crippen LogP contribution in [0.15, 0.2) is 54.6 Å². The van der Waals surface area contributed by atoms with E-state index in [4.69, 9.17) is 4.74 Å². The molecular formula is C17H13F3N2O3S. The van der Waals surface area contributed by atoms with Crippen LogP contribution < -0.4 is 10.2 Å². The molecule has 0 radical (unpaired) electrons. The molecule has 0 spiro atoms.